The van der Waals surface area contributed by atoms with E-state index in [0.29, 0.717) is 18.1 Å². The second-order valence-corrected chi connectivity index (χ2v) is 5.81. The van der Waals surface area contributed by atoms with Gasteiger partial charge in [0.1, 0.15) is 6.26 Å². The summed E-state index contributed by atoms with van der Waals surface area (Å²) in [7, 11) is 0. The van der Waals surface area contributed by atoms with E-state index >= 15 is 0 Å². The zero-order valence-electron chi connectivity index (χ0n) is 13.0. The van der Waals surface area contributed by atoms with Gasteiger partial charge in [0, 0.05) is 19.4 Å². The lowest BCUT2D eigenvalue weighted by atomic mass is 9.92. The smallest absolute Gasteiger partial charge is 0.227 e. The Morgan fingerprint density at radius 3 is 2.91 bits per heavy atom. The van der Waals surface area contributed by atoms with Crippen molar-refractivity contribution >= 4 is 5.91 Å². The Kier molecular flexibility index (Phi) is 4.97. The number of hydrogen-bond donors (Lipinski definition) is 2. The lowest BCUT2D eigenvalue weighted by Gasteiger charge is -2.27. The molecule has 1 atom stereocenters. The van der Waals surface area contributed by atoms with E-state index in [1.165, 1.54) is 12.5 Å². The van der Waals surface area contributed by atoms with Crippen molar-refractivity contribution in [3.63, 3.8) is 0 Å². The highest BCUT2D eigenvalue weighted by molar-refractivity contribution is 5.76. The predicted molar refractivity (Wildman–Crippen MR) is 78.8 cm³/mol. The standard InChI is InChI=1S/C15H21N3O4/c1-10(2)15(3,20)9-16-12(19)4-5-13-17-14(18-22-13)11-6-7-21-8-11/h6-8,10,20H,4-5,9H2,1-3H3,(H,16,19). The number of carbonyl (C=O) groups is 1. The number of carbonyl (C=O) groups excluding carboxylic acids is 1. The van der Waals surface area contributed by atoms with Crippen LogP contribution in [0.15, 0.2) is 27.5 Å². The third-order valence-electron chi connectivity index (χ3n) is 3.70. The molecule has 0 fully saturated rings. The predicted octanol–water partition coefficient (Wildman–Crippen LogP) is 1.79. The van der Waals surface area contributed by atoms with Gasteiger partial charge in [-0.2, -0.15) is 4.98 Å². The van der Waals surface area contributed by atoms with Gasteiger partial charge in [-0.3, -0.25) is 4.79 Å². The summed E-state index contributed by atoms with van der Waals surface area (Å²) in [5, 5.41) is 16.6. The summed E-state index contributed by atoms with van der Waals surface area (Å²) in [5.41, 5.74) is -0.193. The molecule has 7 nitrogen and oxygen atoms in total. The van der Waals surface area contributed by atoms with Gasteiger partial charge < -0.3 is 19.4 Å². The number of aromatic nitrogens is 2. The highest BCUT2D eigenvalue weighted by atomic mass is 16.5. The zero-order valence-corrected chi connectivity index (χ0v) is 13.0. The Hall–Kier alpha value is -2.15. The summed E-state index contributed by atoms with van der Waals surface area (Å²) in [6, 6.07) is 1.73. The van der Waals surface area contributed by atoms with Crippen LogP contribution in [-0.2, 0) is 11.2 Å². The molecule has 0 radical (unpaired) electrons. The monoisotopic (exact) mass is 307 g/mol. The van der Waals surface area contributed by atoms with Crippen LogP contribution in [0.5, 0.6) is 0 Å². The van der Waals surface area contributed by atoms with Crippen molar-refractivity contribution in [1.82, 2.24) is 15.5 Å². The SMILES string of the molecule is CC(C)C(C)(O)CNC(=O)CCc1nc(-c2ccoc2)no1. The fraction of sp³-hybridized carbons (Fsp3) is 0.533. The molecule has 0 aliphatic rings. The third kappa shape index (κ3) is 4.17. The zero-order chi connectivity index (χ0) is 16.2. The van der Waals surface area contributed by atoms with Gasteiger partial charge in [-0.25, -0.2) is 0 Å². The van der Waals surface area contributed by atoms with Crippen molar-refractivity contribution in [2.75, 3.05) is 6.54 Å². The molecule has 0 saturated carbocycles. The molecule has 0 saturated heterocycles. The molecule has 22 heavy (non-hydrogen) atoms. The van der Waals surface area contributed by atoms with Gasteiger partial charge in [-0.1, -0.05) is 19.0 Å². The minimum atomic E-state index is -0.922. The van der Waals surface area contributed by atoms with Crippen LogP contribution in [0.4, 0.5) is 0 Å². The first kappa shape index (κ1) is 16.2. The van der Waals surface area contributed by atoms with Crippen LogP contribution in [0.2, 0.25) is 0 Å². The first-order chi connectivity index (χ1) is 10.4. The molecule has 0 aliphatic heterocycles. The molecule has 0 aromatic carbocycles. The van der Waals surface area contributed by atoms with Crippen molar-refractivity contribution < 1.29 is 18.8 Å². The number of aliphatic hydroxyl groups is 1. The molecule has 1 amide bonds. The number of rotatable bonds is 7. The Morgan fingerprint density at radius 2 is 2.27 bits per heavy atom. The van der Waals surface area contributed by atoms with Gasteiger partial charge in [0.15, 0.2) is 0 Å². The quantitative estimate of drug-likeness (QED) is 0.808. The summed E-state index contributed by atoms with van der Waals surface area (Å²) in [6.07, 6.45) is 3.62. The van der Waals surface area contributed by atoms with Crippen molar-refractivity contribution in [2.24, 2.45) is 5.92 Å². The number of hydrogen-bond acceptors (Lipinski definition) is 6. The normalized spacial score (nSPS) is 14.0. The van der Waals surface area contributed by atoms with Gasteiger partial charge in [-0.05, 0) is 18.9 Å². The number of nitrogens with zero attached hydrogens (tertiary/aromatic N) is 2. The lowest BCUT2D eigenvalue weighted by molar-refractivity contribution is -0.122. The highest BCUT2D eigenvalue weighted by Gasteiger charge is 2.25. The van der Waals surface area contributed by atoms with Crippen molar-refractivity contribution in [3.05, 3.63) is 24.5 Å². The third-order valence-corrected chi connectivity index (χ3v) is 3.70. The number of nitrogens with one attached hydrogen (secondary N) is 1. The van der Waals surface area contributed by atoms with Crippen LogP contribution in [-0.4, -0.2) is 33.3 Å². The van der Waals surface area contributed by atoms with Crippen molar-refractivity contribution in [3.8, 4) is 11.4 Å². The number of furan rings is 1. The average Bonchev–Trinajstić information content (AvgIpc) is 3.13. The maximum Gasteiger partial charge on any atom is 0.227 e. The fourth-order valence-corrected chi connectivity index (χ4v) is 1.66. The molecule has 2 aromatic heterocycles. The van der Waals surface area contributed by atoms with Gasteiger partial charge in [0.05, 0.1) is 17.4 Å². The molecule has 2 N–H and O–H groups in total. The maximum atomic E-state index is 11.8. The van der Waals surface area contributed by atoms with Crippen LogP contribution in [0, 0.1) is 5.92 Å². The van der Waals surface area contributed by atoms with Gasteiger partial charge >= 0.3 is 0 Å². The van der Waals surface area contributed by atoms with E-state index in [9.17, 15) is 9.90 Å². The second kappa shape index (κ2) is 6.74. The van der Waals surface area contributed by atoms with Crippen LogP contribution in [0.1, 0.15) is 33.1 Å². The van der Waals surface area contributed by atoms with E-state index < -0.39 is 5.60 Å². The van der Waals surface area contributed by atoms with E-state index in [0.717, 1.165) is 5.56 Å². The molecule has 0 spiro atoms. The Balaban J connectivity index is 1.80. The molecule has 2 rings (SSSR count). The first-order valence-corrected chi connectivity index (χ1v) is 7.22. The minimum Gasteiger partial charge on any atom is -0.472 e. The van der Waals surface area contributed by atoms with Crippen LogP contribution >= 0.6 is 0 Å². The molecule has 7 heteroatoms. The molecule has 2 aromatic rings. The van der Waals surface area contributed by atoms with E-state index in [4.69, 9.17) is 8.94 Å². The van der Waals surface area contributed by atoms with Crippen LogP contribution in [0.25, 0.3) is 11.4 Å². The molecular weight excluding hydrogens is 286 g/mol. The summed E-state index contributed by atoms with van der Waals surface area (Å²) in [6.45, 7) is 5.73. The average molecular weight is 307 g/mol. The summed E-state index contributed by atoms with van der Waals surface area (Å²) in [5.74, 6) is 0.721. The topological polar surface area (TPSA) is 101 Å². The Morgan fingerprint density at radius 1 is 1.50 bits per heavy atom. The summed E-state index contributed by atoms with van der Waals surface area (Å²) >= 11 is 0. The van der Waals surface area contributed by atoms with Gasteiger partial charge in [0.2, 0.25) is 17.6 Å². The molecule has 120 valence electrons. The van der Waals surface area contributed by atoms with Crippen LogP contribution in [0.3, 0.4) is 0 Å². The van der Waals surface area contributed by atoms with E-state index in [-0.39, 0.29) is 24.8 Å². The minimum absolute atomic E-state index is 0.0567. The maximum absolute atomic E-state index is 11.8. The fourth-order valence-electron chi connectivity index (χ4n) is 1.66. The molecule has 2 heterocycles. The second-order valence-electron chi connectivity index (χ2n) is 5.81. The largest absolute Gasteiger partial charge is 0.472 e. The Bertz CT molecular complexity index is 602. The van der Waals surface area contributed by atoms with Crippen molar-refractivity contribution in [2.45, 2.75) is 39.2 Å². The van der Waals surface area contributed by atoms with E-state index in [1.807, 2.05) is 13.8 Å². The number of amides is 1. The lowest BCUT2D eigenvalue weighted by Crippen LogP contribution is -2.44. The first-order valence-electron chi connectivity index (χ1n) is 7.22. The molecular formula is C15H21N3O4. The highest BCUT2D eigenvalue weighted by Crippen LogP contribution is 2.16. The Labute approximate surface area is 128 Å². The van der Waals surface area contributed by atoms with Gasteiger partial charge in [0.25, 0.3) is 0 Å². The molecule has 0 bridgehead atoms. The number of aryl methyl sites for hydroxylation is 1. The summed E-state index contributed by atoms with van der Waals surface area (Å²) in [4.78, 5) is 16.0. The van der Waals surface area contributed by atoms with Crippen LogP contribution < -0.4 is 5.32 Å². The van der Waals surface area contributed by atoms with E-state index in [2.05, 4.69) is 15.5 Å². The van der Waals surface area contributed by atoms with Crippen molar-refractivity contribution in [1.29, 1.82) is 0 Å². The molecule has 1 unspecified atom stereocenters. The van der Waals surface area contributed by atoms with Gasteiger partial charge in [-0.15, -0.1) is 0 Å². The van der Waals surface area contributed by atoms with E-state index in [1.54, 1.807) is 13.0 Å². The summed E-state index contributed by atoms with van der Waals surface area (Å²) < 4.78 is 10.0. The molecule has 0 aliphatic carbocycles.